The highest BCUT2D eigenvalue weighted by atomic mass is 15.3. The molecule has 0 radical (unpaired) electrons. The maximum atomic E-state index is 6.69. The van der Waals surface area contributed by atoms with E-state index in [4.69, 9.17) is 5.73 Å². The second kappa shape index (κ2) is 5.10. The number of likely N-dealkylation sites (tertiary alicyclic amines) is 1. The zero-order valence-electron chi connectivity index (χ0n) is 12.0. The first kappa shape index (κ1) is 12.9. The summed E-state index contributed by atoms with van der Waals surface area (Å²) in [5.41, 5.74) is 6.69. The molecule has 3 fully saturated rings. The lowest BCUT2D eigenvalue weighted by Crippen LogP contribution is -3.03. The first-order valence-electron chi connectivity index (χ1n) is 7.97. The Morgan fingerprint density at radius 2 is 1.94 bits per heavy atom. The molecule has 0 bridgehead atoms. The van der Waals surface area contributed by atoms with Crippen LogP contribution in [0.1, 0.15) is 45.4 Å². The quantitative estimate of drug-likeness (QED) is 0.668. The van der Waals surface area contributed by atoms with Gasteiger partial charge >= 0.3 is 0 Å². The van der Waals surface area contributed by atoms with Gasteiger partial charge in [0.1, 0.15) is 6.17 Å². The van der Waals surface area contributed by atoms with Crippen LogP contribution in [0.3, 0.4) is 0 Å². The summed E-state index contributed by atoms with van der Waals surface area (Å²) in [4.78, 5) is 2.58. The number of quaternary nitrogens is 1. The molecule has 1 aliphatic carbocycles. The van der Waals surface area contributed by atoms with Gasteiger partial charge in [0.2, 0.25) is 0 Å². The fraction of sp³-hybridized carbons (Fsp3) is 1.00. The van der Waals surface area contributed by atoms with Crippen molar-refractivity contribution in [3.05, 3.63) is 0 Å². The van der Waals surface area contributed by atoms with Crippen molar-refractivity contribution < 1.29 is 5.32 Å². The Hall–Kier alpha value is -0.120. The molecule has 0 amide bonds. The fourth-order valence-corrected chi connectivity index (χ4v) is 4.80. The normalized spacial score (nSPS) is 50.2. The van der Waals surface area contributed by atoms with Crippen LogP contribution in [-0.4, -0.2) is 36.7 Å². The van der Waals surface area contributed by atoms with E-state index in [0.717, 1.165) is 23.8 Å². The molecule has 2 saturated heterocycles. The van der Waals surface area contributed by atoms with Crippen LogP contribution in [0.4, 0.5) is 0 Å². The molecule has 18 heavy (non-hydrogen) atoms. The van der Waals surface area contributed by atoms with Crippen molar-refractivity contribution >= 4 is 0 Å². The SMILES string of the molecule is CC1CCC2[NH2+]C3C(CCCCN3C)C(N)C2C1. The molecule has 3 rings (SSSR count). The van der Waals surface area contributed by atoms with Gasteiger partial charge < -0.3 is 11.1 Å². The molecule has 2 aliphatic heterocycles. The lowest BCUT2D eigenvalue weighted by Gasteiger charge is -2.48. The third-order valence-electron chi connectivity index (χ3n) is 5.90. The first-order valence-corrected chi connectivity index (χ1v) is 7.97. The monoisotopic (exact) mass is 252 g/mol. The minimum absolute atomic E-state index is 0.452. The Morgan fingerprint density at radius 3 is 2.78 bits per heavy atom. The highest BCUT2D eigenvalue weighted by molar-refractivity contribution is 4.94. The van der Waals surface area contributed by atoms with Crippen LogP contribution >= 0.6 is 0 Å². The highest BCUT2D eigenvalue weighted by Crippen LogP contribution is 2.36. The minimum Gasteiger partial charge on any atom is -0.328 e. The molecule has 1 saturated carbocycles. The van der Waals surface area contributed by atoms with Crippen molar-refractivity contribution in [2.24, 2.45) is 23.5 Å². The summed E-state index contributed by atoms with van der Waals surface area (Å²) >= 11 is 0. The predicted molar refractivity (Wildman–Crippen MR) is 74.0 cm³/mol. The molecule has 3 heteroatoms. The molecule has 0 aromatic carbocycles. The Bertz CT molecular complexity index is 293. The minimum atomic E-state index is 0.452. The lowest BCUT2D eigenvalue weighted by molar-refractivity contribution is -0.763. The molecule has 3 nitrogen and oxygen atoms in total. The van der Waals surface area contributed by atoms with E-state index in [0.29, 0.717) is 12.2 Å². The summed E-state index contributed by atoms with van der Waals surface area (Å²) < 4.78 is 0. The second-order valence-electron chi connectivity index (χ2n) is 7.15. The van der Waals surface area contributed by atoms with Crippen LogP contribution in [0.5, 0.6) is 0 Å². The molecule has 4 N–H and O–H groups in total. The third-order valence-corrected chi connectivity index (χ3v) is 5.90. The molecule has 0 aromatic rings. The van der Waals surface area contributed by atoms with Gasteiger partial charge in [-0.15, -0.1) is 0 Å². The molecule has 3 aliphatic rings. The maximum Gasteiger partial charge on any atom is 0.146 e. The molecule has 104 valence electrons. The fourth-order valence-electron chi connectivity index (χ4n) is 4.80. The number of nitrogens with two attached hydrogens (primary N) is 2. The van der Waals surface area contributed by atoms with Gasteiger partial charge in [0.15, 0.2) is 0 Å². The first-order chi connectivity index (χ1) is 8.66. The van der Waals surface area contributed by atoms with E-state index < -0.39 is 0 Å². The summed E-state index contributed by atoms with van der Waals surface area (Å²) in [7, 11) is 2.30. The standard InChI is InChI=1S/C15H29N3/c1-10-6-7-13-12(9-10)14(16)11-5-3-4-8-18(2)15(11)17-13/h10-15,17H,3-9,16H2,1-2H3/p+1. The zero-order chi connectivity index (χ0) is 12.7. The summed E-state index contributed by atoms with van der Waals surface area (Å²) in [6, 6.07) is 1.26. The second-order valence-corrected chi connectivity index (χ2v) is 7.15. The Kier molecular flexibility index (Phi) is 3.65. The van der Waals surface area contributed by atoms with E-state index in [9.17, 15) is 0 Å². The van der Waals surface area contributed by atoms with Crippen LogP contribution in [0.25, 0.3) is 0 Å². The van der Waals surface area contributed by atoms with Crippen LogP contribution in [0.2, 0.25) is 0 Å². The predicted octanol–water partition coefficient (Wildman–Crippen LogP) is 0.754. The number of rotatable bonds is 0. The molecular formula is C15H30N3+. The molecular weight excluding hydrogens is 222 g/mol. The van der Waals surface area contributed by atoms with Crippen molar-refractivity contribution in [1.29, 1.82) is 0 Å². The van der Waals surface area contributed by atoms with E-state index in [2.05, 4.69) is 24.2 Å². The van der Waals surface area contributed by atoms with Gasteiger partial charge in [0.25, 0.3) is 0 Å². The highest BCUT2D eigenvalue weighted by Gasteiger charge is 2.49. The van der Waals surface area contributed by atoms with Gasteiger partial charge in [0.05, 0.1) is 6.04 Å². The van der Waals surface area contributed by atoms with E-state index in [1.54, 1.807) is 0 Å². The largest absolute Gasteiger partial charge is 0.328 e. The molecule has 6 atom stereocenters. The Morgan fingerprint density at radius 1 is 1.11 bits per heavy atom. The van der Waals surface area contributed by atoms with Crippen LogP contribution in [0.15, 0.2) is 0 Å². The Balaban J connectivity index is 1.79. The average Bonchev–Trinajstić information content (AvgIpc) is 2.54. The van der Waals surface area contributed by atoms with Gasteiger partial charge in [0, 0.05) is 24.4 Å². The van der Waals surface area contributed by atoms with Crippen molar-refractivity contribution in [2.75, 3.05) is 13.6 Å². The third kappa shape index (κ3) is 2.21. The van der Waals surface area contributed by atoms with Crippen LogP contribution in [0, 0.1) is 17.8 Å². The van der Waals surface area contributed by atoms with Gasteiger partial charge in [-0.3, -0.25) is 4.90 Å². The number of nitrogens with zero attached hydrogens (tertiary/aromatic N) is 1. The van der Waals surface area contributed by atoms with E-state index in [1.165, 1.54) is 45.1 Å². The number of piperidine rings is 1. The van der Waals surface area contributed by atoms with Crippen molar-refractivity contribution in [1.82, 2.24) is 4.90 Å². The van der Waals surface area contributed by atoms with Gasteiger partial charge in [-0.05, 0) is 45.1 Å². The zero-order valence-corrected chi connectivity index (χ0v) is 12.0. The number of hydrogen-bond donors (Lipinski definition) is 2. The van der Waals surface area contributed by atoms with Crippen molar-refractivity contribution in [2.45, 2.75) is 63.7 Å². The Labute approximate surface area is 111 Å². The van der Waals surface area contributed by atoms with Crippen molar-refractivity contribution in [3.8, 4) is 0 Å². The number of fused-ring (bicyclic) bond motifs is 2. The summed E-state index contributed by atoms with van der Waals surface area (Å²) in [6.07, 6.45) is 8.91. The smallest absolute Gasteiger partial charge is 0.146 e. The molecule has 2 heterocycles. The van der Waals surface area contributed by atoms with Gasteiger partial charge in [-0.25, -0.2) is 0 Å². The van der Waals surface area contributed by atoms with Gasteiger partial charge in [-0.2, -0.15) is 0 Å². The average molecular weight is 252 g/mol. The summed E-state index contributed by atoms with van der Waals surface area (Å²) in [5.74, 6) is 2.40. The van der Waals surface area contributed by atoms with Crippen LogP contribution < -0.4 is 11.1 Å². The number of hydrogen-bond acceptors (Lipinski definition) is 2. The molecule has 0 aromatic heterocycles. The lowest BCUT2D eigenvalue weighted by atomic mass is 9.68. The van der Waals surface area contributed by atoms with E-state index >= 15 is 0 Å². The van der Waals surface area contributed by atoms with Gasteiger partial charge in [-0.1, -0.05) is 13.3 Å². The topological polar surface area (TPSA) is 45.9 Å². The van der Waals surface area contributed by atoms with E-state index in [-0.39, 0.29) is 0 Å². The molecule has 0 spiro atoms. The maximum absolute atomic E-state index is 6.69. The summed E-state index contributed by atoms with van der Waals surface area (Å²) in [5, 5.41) is 2.69. The molecule has 6 unspecified atom stereocenters. The van der Waals surface area contributed by atoms with E-state index in [1.807, 2.05) is 0 Å². The van der Waals surface area contributed by atoms with Crippen molar-refractivity contribution in [3.63, 3.8) is 0 Å². The summed E-state index contributed by atoms with van der Waals surface area (Å²) in [6.45, 7) is 3.67. The van der Waals surface area contributed by atoms with Crippen LogP contribution in [-0.2, 0) is 0 Å².